The molecule has 8 heteroatoms. The van der Waals surface area contributed by atoms with Crippen LogP contribution in [0.5, 0.6) is 11.5 Å². The molecule has 1 spiro atoms. The molecule has 6 nitrogen and oxygen atoms in total. The number of rotatable bonds is 4. The smallest absolute Gasteiger partial charge is 0.427 e. The Bertz CT molecular complexity index is 1120. The van der Waals surface area contributed by atoms with E-state index in [-0.39, 0.29) is 21.7 Å². The number of benzene rings is 2. The Morgan fingerprint density at radius 1 is 0.605 bits per heavy atom. The Morgan fingerprint density at radius 3 is 1.33 bits per heavy atom. The van der Waals surface area contributed by atoms with Crippen molar-refractivity contribution in [1.82, 2.24) is 0 Å². The molecule has 3 unspecified atom stereocenters. The second-order valence-electron chi connectivity index (χ2n) is 16.5. The molecule has 0 radical (unpaired) electrons. The molecule has 0 aliphatic carbocycles. The van der Waals surface area contributed by atoms with Gasteiger partial charge in [0.1, 0.15) is 11.5 Å². The van der Waals surface area contributed by atoms with Crippen LogP contribution in [0.1, 0.15) is 123 Å². The molecule has 2 aliphatic heterocycles. The highest BCUT2D eigenvalue weighted by atomic mass is 31.2. The summed E-state index contributed by atoms with van der Waals surface area (Å²) in [7, 11) is -2.87. The summed E-state index contributed by atoms with van der Waals surface area (Å²) in [5.74, 6) is 1.79. The van der Waals surface area contributed by atoms with E-state index in [0.717, 1.165) is 28.8 Å². The van der Waals surface area contributed by atoms with Gasteiger partial charge in [0.15, 0.2) is 5.60 Å². The second-order valence-corrected chi connectivity index (χ2v) is 19.1. The van der Waals surface area contributed by atoms with Crippen molar-refractivity contribution < 1.29 is 27.7 Å². The third-order valence-electron chi connectivity index (χ3n) is 7.99. The van der Waals surface area contributed by atoms with Crippen molar-refractivity contribution in [3.05, 3.63) is 57.6 Å². The molecule has 0 amide bonds. The van der Waals surface area contributed by atoms with Crippen LogP contribution in [-0.4, -0.2) is 25.0 Å². The molecule has 2 aromatic rings. The monoisotopic (exact) mass is 632 g/mol. The second kappa shape index (κ2) is 12.2. The fraction of sp³-hybridized carbons (Fsp3) is 0.657. The Balaban J connectivity index is 1.46. The van der Waals surface area contributed by atoms with Crippen LogP contribution in [0.3, 0.4) is 0 Å². The van der Waals surface area contributed by atoms with Crippen molar-refractivity contribution in [3.8, 4) is 11.5 Å². The Hall–Kier alpha value is -1.26. The van der Waals surface area contributed by atoms with Crippen LogP contribution in [0.25, 0.3) is 0 Å². The molecule has 2 saturated heterocycles. The first kappa shape index (κ1) is 34.6. The quantitative estimate of drug-likeness (QED) is 0.247. The van der Waals surface area contributed by atoms with E-state index in [1.807, 2.05) is 0 Å². The van der Waals surface area contributed by atoms with Crippen LogP contribution < -0.4 is 9.05 Å². The molecule has 0 saturated carbocycles. The summed E-state index contributed by atoms with van der Waals surface area (Å²) in [5.41, 5.74) is 6.14. The lowest BCUT2D eigenvalue weighted by Crippen LogP contribution is -2.47. The van der Waals surface area contributed by atoms with Crippen molar-refractivity contribution in [3.63, 3.8) is 0 Å². The van der Waals surface area contributed by atoms with Crippen molar-refractivity contribution in [2.45, 2.75) is 131 Å². The molecule has 43 heavy (non-hydrogen) atoms. The molecule has 4 rings (SSSR count). The van der Waals surface area contributed by atoms with Crippen LogP contribution in [-0.2, 0) is 40.3 Å². The van der Waals surface area contributed by atoms with Gasteiger partial charge in [-0.3, -0.25) is 4.52 Å². The van der Waals surface area contributed by atoms with Gasteiger partial charge in [-0.25, -0.2) is 4.89 Å². The average Bonchev–Trinajstić information content (AvgIpc) is 2.86. The zero-order valence-electron chi connectivity index (χ0n) is 29.0. The van der Waals surface area contributed by atoms with E-state index in [9.17, 15) is 0 Å². The van der Waals surface area contributed by atoms with E-state index in [0.29, 0.717) is 19.6 Å². The highest BCUT2D eigenvalue weighted by molar-refractivity contribution is 7.47. The predicted octanol–water partition coefficient (Wildman–Crippen LogP) is 10.6. The fourth-order valence-corrected chi connectivity index (χ4v) is 8.06. The maximum absolute atomic E-state index is 6.74. The van der Waals surface area contributed by atoms with Crippen molar-refractivity contribution in [2.75, 3.05) is 19.4 Å². The van der Waals surface area contributed by atoms with Gasteiger partial charge in [0.2, 0.25) is 8.38 Å². The topological polar surface area (TPSA) is 55.4 Å². The summed E-state index contributed by atoms with van der Waals surface area (Å²) in [6.07, 6.45) is 1.44. The Labute approximate surface area is 263 Å². The fourth-order valence-electron chi connectivity index (χ4n) is 5.39. The Morgan fingerprint density at radius 2 is 1.00 bits per heavy atom. The minimum Gasteiger partial charge on any atom is -0.447 e. The lowest BCUT2D eigenvalue weighted by Gasteiger charge is -2.41. The van der Waals surface area contributed by atoms with E-state index >= 15 is 0 Å². The van der Waals surface area contributed by atoms with Gasteiger partial charge < -0.3 is 13.6 Å². The van der Waals surface area contributed by atoms with Gasteiger partial charge in [0.25, 0.3) is 0 Å². The van der Waals surface area contributed by atoms with E-state index in [4.69, 9.17) is 27.7 Å². The molecule has 240 valence electrons. The van der Waals surface area contributed by atoms with Crippen LogP contribution in [0.15, 0.2) is 24.3 Å². The van der Waals surface area contributed by atoms with Crippen molar-refractivity contribution in [2.24, 2.45) is 0 Å². The molecule has 2 aromatic carbocycles. The zero-order valence-corrected chi connectivity index (χ0v) is 30.8. The summed E-state index contributed by atoms with van der Waals surface area (Å²) < 4.78 is 31.7. The first-order chi connectivity index (χ1) is 19.6. The number of hydrogen-bond acceptors (Lipinski definition) is 6. The van der Waals surface area contributed by atoms with Gasteiger partial charge in [-0.1, -0.05) is 118 Å². The summed E-state index contributed by atoms with van der Waals surface area (Å²) in [6, 6.07) is 8.91. The maximum Gasteiger partial charge on any atom is 0.427 e. The number of hydrogen-bond donors (Lipinski definition) is 0. The third kappa shape index (κ3) is 8.13. The number of aryl methyl sites for hydroxylation is 2. The maximum atomic E-state index is 6.74. The van der Waals surface area contributed by atoms with Gasteiger partial charge >= 0.3 is 8.60 Å². The van der Waals surface area contributed by atoms with Crippen LogP contribution in [0.4, 0.5) is 0 Å². The van der Waals surface area contributed by atoms with Crippen LogP contribution in [0.2, 0.25) is 0 Å². The normalized spacial score (nSPS) is 23.9. The van der Waals surface area contributed by atoms with Gasteiger partial charge in [0, 0.05) is 28.4 Å². The molecule has 2 aliphatic rings. The Kier molecular flexibility index (Phi) is 9.79. The minimum atomic E-state index is -1.73. The first-order valence-corrected chi connectivity index (χ1v) is 17.9. The molecule has 3 atom stereocenters. The molecule has 0 bridgehead atoms. The zero-order chi connectivity index (χ0) is 32.2. The first-order valence-electron chi connectivity index (χ1n) is 15.5. The lowest BCUT2D eigenvalue weighted by atomic mass is 9.78. The van der Waals surface area contributed by atoms with Crippen LogP contribution in [0, 0.1) is 13.8 Å². The molecule has 0 N–H and O–H groups in total. The largest absolute Gasteiger partial charge is 0.447 e. The summed E-state index contributed by atoms with van der Waals surface area (Å²) >= 11 is 0. The summed E-state index contributed by atoms with van der Waals surface area (Å²) in [6.45, 7) is 31.6. The van der Waals surface area contributed by atoms with Gasteiger partial charge in [-0.15, -0.1) is 4.67 Å². The molecule has 2 fully saturated rings. The van der Waals surface area contributed by atoms with Gasteiger partial charge in [-0.05, 0) is 41.9 Å². The molecular formula is C35H54O6P2. The van der Waals surface area contributed by atoms with Crippen LogP contribution >= 0.6 is 17.0 Å². The minimum absolute atomic E-state index is 0.0593. The highest BCUT2D eigenvalue weighted by Crippen LogP contribution is 2.56. The lowest BCUT2D eigenvalue weighted by molar-refractivity contribution is -0.334. The average molecular weight is 633 g/mol. The molecular weight excluding hydrogens is 578 g/mol. The predicted molar refractivity (Wildman–Crippen MR) is 179 cm³/mol. The van der Waals surface area contributed by atoms with E-state index in [2.05, 4.69) is 121 Å². The SMILES string of the molecule is Cc1cc(C(C)(C)C)c(OP2CCC3(CO2)COP(Oc2c(C(C)(C)C)cc(C)cc2C(C)(C)C)OO3)c(C(C)(C)C)c1. The molecule has 0 aromatic heterocycles. The van der Waals surface area contributed by atoms with Gasteiger partial charge in [-0.2, -0.15) is 0 Å². The standard InChI is InChI=1S/C35H54O6P2/c1-23-17-25(31(3,4)5)29(26(18-23)32(6,7)8)38-42-16-15-35(21-36-42)22-37-43(41-40-35)39-30-27(33(9,10)11)19-24(2)20-28(30)34(12,13)14/h17-20H,15-16,21-22H2,1-14H3. The van der Waals surface area contributed by atoms with Gasteiger partial charge in [0.05, 0.1) is 13.2 Å². The van der Waals surface area contributed by atoms with E-state index in [1.165, 1.54) is 22.3 Å². The van der Waals surface area contributed by atoms with E-state index in [1.54, 1.807) is 0 Å². The van der Waals surface area contributed by atoms with Crippen molar-refractivity contribution in [1.29, 1.82) is 0 Å². The third-order valence-corrected chi connectivity index (χ3v) is 10.2. The summed E-state index contributed by atoms with van der Waals surface area (Å²) in [5, 5.41) is 0. The highest BCUT2D eigenvalue weighted by Gasteiger charge is 2.47. The summed E-state index contributed by atoms with van der Waals surface area (Å²) in [4.78, 5) is 6.04. The van der Waals surface area contributed by atoms with E-state index < -0.39 is 22.6 Å². The van der Waals surface area contributed by atoms with Crippen molar-refractivity contribution >= 4 is 17.0 Å². The molecule has 2 heterocycles.